The lowest BCUT2D eigenvalue weighted by Crippen LogP contribution is -2.15. The molecule has 2 rings (SSSR count). The summed E-state index contributed by atoms with van der Waals surface area (Å²) in [6, 6.07) is 8.82. The van der Waals surface area contributed by atoms with Gasteiger partial charge in [-0.15, -0.1) is 0 Å². The quantitative estimate of drug-likeness (QED) is 0.910. The fraction of sp³-hybridized carbons (Fsp3) is 0.250. The molecule has 2 aromatic carbocycles. The van der Waals surface area contributed by atoms with Crippen molar-refractivity contribution in [3.8, 4) is 5.75 Å². The minimum atomic E-state index is -0.854. The van der Waals surface area contributed by atoms with E-state index in [-0.39, 0.29) is 29.2 Å². The van der Waals surface area contributed by atoms with Gasteiger partial charge in [0.25, 0.3) is 0 Å². The highest BCUT2D eigenvalue weighted by molar-refractivity contribution is 6.31. The molecule has 0 aliphatic rings. The number of methoxy groups -OCH3 is 1. The predicted molar refractivity (Wildman–Crippen MR) is 77.8 cm³/mol. The zero-order valence-electron chi connectivity index (χ0n) is 11.4. The molecular weight excluding hydrogens is 298 g/mol. The van der Waals surface area contributed by atoms with Crippen LogP contribution in [0.1, 0.15) is 11.1 Å². The van der Waals surface area contributed by atoms with Crippen LogP contribution in [0.25, 0.3) is 0 Å². The summed E-state index contributed by atoms with van der Waals surface area (Å²) in [6.45, 7) is 0. The van der Waals surface area contributed by atoms with E-state index in [1.165, 1.54) is 31.4 Å². The largest absolute Gasteiger partial charge is 0.494 e. The van der Waals surface area contributed by atoms with Gasteiger partial charge >= 0.3 is 0 Å². The van der Waals surface area contributed by atoms with E-state index in [0.29, 0.717) is 5.56 Å². The monoisotopic (exact) mass is 312 g/mol. The predicted octanol–water partition coefficient (Wildman–Crippen LogP) is 3.77. The topological polar surface area (TPSA) is 29.5 Å². The Labute approximate surface area is 126 Å². The fourth-order valence-corrected chi connectivity index (χ4v) is 2.38. The maximum atomic E-state index is 13.6. The van der Waals surface area contributed by atoms with Crippen LogP contribution < -0.4 is 4.74 Å². The molecule has 2 nitrogen and oxygen atoms in total. The van der Waals surface area contributed by atoms with E-state index in [0.717, 1.165) is 0 Å². The Morgan fingerprint density at radius 1 is 1.14 bits per heavy atom. The first kappa shape index (κ1) is 15.7. The molecule has 0 radical (unpaired) electrons. The van der Waals surface area contributed by atoms with Crippen LogP contribution in [0.5, 0.6) is 5.75 Å². The Morgan fingerprint density at radius 2 is 1.90 bits per heavy atom. The lowest BCUT2D eigenvalue weighted by atomic mass is 10.0. The molecule has 0 aromatic heterocycles. The molecule has 5 heteroatoms. The smallest absolute Gasteiger partial charge is 0.165 e. The number of aliphatic hydroxyl groups excluding tert-OH is 1. The van der Waals surface area contributed by atoms with E-state index in [9.17, 15) is 13.9 Å². The van der Waals surface area contributed by atoms with Crippen molar-refractivity contribution in [1.82, 2.24) is 0 Å². The van der Waals surface area contributed by atoms with Crippen LogP contribution in [0.2, 0.25) is 5.02 Å². The van der Waals surface area contributed by atoms with Gasteiger partial charge in [0.15, 0.2) is 11.6 Å². The van der Waals surface area contributed by atoms with Crippen LogP contribution in [0, 0.1) is 11.6 Å². The Kier molecular flexibility index (Phi) is 5.15. The van der Waals surface area contributed by atoms with Crippen LogP contribution in [-0.4, -0.2) is 18.3 Å². The molecule has 1 atom stereocenters. The van der Waals surface area contributed by atoms with Gasteiger partial charge < -0.3 is 9.84 Å². The molecule has 0 fully saturated rings. The second-order valence-electron chi connectivity index (χ2n) is 4.73. The Morgan fingerprint density at radius 3 is 2.52 bits per heavy atom. The van der Waals surface area contributed by atoms with Gasteiger partial charge in [-0.2, -0.15) is 0 Å². The molecule has 21 heavy (non-hydrogen) atoms. The van der Waals surface area contributed by atoms with Gasteiger partial charge in [-0.1, -0.05) is 23.7 Å². The molecule has 0 amide bonds. The lowest BCUT2D eigenvalue weighted by Gasteiger charge is -2.13. The molecule has 1 N–H and O–H groups in total. The Bertz CT molecular complexity index is 611. The SMILES string of the molecule is COc1ccc(CC(O)Cc2c(F)cccc2Cl)cc1F. The molecule has 0 spiro atoms. The molecular formula is C16H15ClF2O2. The van der Waals surface area contributed by atoms with Crippen LogP contribution in [0.4, 0.5) is 8.78 Å². The van der Waals surface area contributed by atoms with E-state index < -0.39 is 17.7 Å². The minimum absolute atomic E-state index is 0.0686. The molecule has 0 bridgehead atoms. The van der Waals surface area contributed by atoms with Crippen molar-refractivity contribution < 1.29 is 18.6 Å². The number of hydrogen-bond donors (Lipinski definition) is 1. The van der Waals surface area contributed by atoms with Gasteiger partial charge in [0.05, 0.1) is 13.2 Å². The van der Waals surface area contributed by atoms with E-state index in [2.05, 4.69) is 0 Å². The zero-order chi connectivity index (χ0) is 15.4. The van der Waals surface area contributed by atoms with Crippen LogP contribution in [-0.2, 0) is 12.8 Å². The van der Waals surface area contributed by atoms with Crippen molar-refractivity contribution in [2.45, 2.75) is 18.9 Å². The Balaban J connectivity index is 2.08. The number of ether oxygens (including phenoxy) is 1. The van der Waals surface area contributed by atoms with Crippen LogP contribution >= 0.6 is 11.6 Å². The third-order valence-corrected chi connectivity index (χ3v) is 3.54. The normalized spacial score (nSPS) is 12.2. The molecule has 2 aromatic rings. The minimum Gasteiger partial charge on any atom is -0.494 e. The van der Waals surface area contributed by atoms with Crippen molar-refractivity contribution in [1.29, 1.82) is 0 Å². The number of aliphatic hydroxyl groups is 1. The Hall–Kier alpha value is -1.65. The summed E-state index contributed by atoms with van der Waals surface area (Å²) in [5, 5.41) is 10.3. The number of halogens is 3. The molecule has 0 saturated carbocycles. The van der Waals surface area contributed by atoms with E-state index in [1.54, 1.807) is 12.1 Å². The molecule has 0 saturated heterocycles. The summed E-state index contributed by atoms with van der Waals surface area (Å²) in [4.78, 5) is 0. The van der Waals surface area contributed by atoms with Gasteiger partial charge in [-0.3, -0.25) is 0 Å². The molecule has 1 unspecified atom stereocenters. The first-order valence-electron chi connectivity index (χ1n) is 6.44. The van der Waals surface area contributed by atoms with Gasteiger partial charge in [-0.25, -0.2) is 8.78 Å². The van der Waals surface area contributed by atoms with Gasteiger partial charge in [0, 0.05) is 17.0 Å². The molecule has 0 heterocycles. The van der Waals surface area contributed by atoms with Gasteiger partial charge in [0.2, 0.25) is 0 Å². The third kappa shape index (κ3) is 3.93. The molecule has 0 aliphatic carbocycles. The fourth-order valence-electron chi connectivity index (χ4n) is 2.14. The second kappa shape index (κ2) is 6.87. The number of hydrogen-bond acceptors (Lipinski definition) is 2. The van der Waals surface area contributed by atoms with Crippen molar-refractivity contribution >= 4 is 11.6 Å². The third-order valence-electron chi connectivity index (χ3n) is 3.19. The second-order valence-corrected chi connectivity index (χ2v) is 5.14. The first-order valence-corrected chi connectivity index (χ1v) is 6.82. The first-order chi connectivity index (χ1) is 10.0. The maximum Gasteiger partial charge on any atom is 0.165 e. The number of rotatable bonds is 5. The van der Waals surface area contributed by atoms with Crippen molar-refractivity contribution in [3.05, 3.63) is 64.2 Å². The van der Waals surface area contributed by atoms with E-state index in [1.807, 2.05) is 0 Å². The average Bonchev–Trinajstić information content (AvgIpc) is 2.43. The van der Waals surface area contributed by atoms with Crippen molar-refractivity contribution in [2.75, 3.05) is 7.11 Å². The van der Waals surface area contributed by atoms with Gasteiger partial charge in [-0.05, 0) is 36.2 Å². The zero-order valence-corrected chi connectivity index (χ0v) is 12.2. The highest BCUT2D eigenvalue weighted by Crippen LogP contribution is 2.23. The summed E-state index contributed by atoms with van der Waals surface area (Å²) in [6.07, 6.45) is -0.586. The van der Waals surface area contributed by atoms with Crippen molar-refractivity contribution in [2.24, 2.45) is 0 Å². The highest BCUT2D eigenvalue weighted by atomic mass is 35.5. The molecule has 112 valence electrons. The summed E-state index contributed by atoms with van der Waals surface area (Å²) in [5.74, 6) is -0.807. The average molecular weight is 313 g/mol. The lowest BCUT2D eigenvalue weighted by molar-refractivity contribution is 0.174. The van der Waals surface area contributed by atoms with E-state index >= 15 is 0 Å². The van der Waals surface area contributed by atoms with Gasteiger partial charge in [0.1, 0.15) is 5.82 Å². The molecule has 0 aliphatic heterocycles. The summed E-state index contributed by atoms with van der Waals surface area (Å²) >= 11 is 5.91. The number of benzene rings is 2. The maximum absolute atomic E-state index is 13.6. The standard InChI is InChI=1S/C16H15ClF2O2/c1-21-16-6-5-10(8-15(16)19)7-11(20)9-12-13(17)3-2-4-14(12)18/h2-6,8,11,20H,7,9H2,1H3. The van der Waals surface area contributed by atoms with E-state index in [4.69, 9.17) is 16.3 Å². The van der Waals surface area contributed by atoms with Crippen LogP contribution in [0.3, 0.4) is 0 Å². The summed E-state index contributed by atoms with van der Waals surface area (Å²) in [5.41, 5.74) is 0.869. The van der Waals surface area contributed by atoms with Crippen LogP contribution in [0.15, 0.2) is 36.4 Å². The summed E-state index contributed by atoms with van der Waals surface area (Å²) < 4.78 is 32.0. The van der Waals surface area contributed by atoms with Crippen molar-refractivity contribution in [3.63, 3.8) is 0 Å². The summed E-state index contributed by atoms with van der Waals surface area (Å²) in [7, 11) is 1.38. The highest BCUT2D eigenvalue weighted by Gasteiger charge is 2.14.